The molecule has 0 saturated carbocycles. The predicted molar refractivity (Wildman–Crippen MR) is 119 cm³/mol. The molecule has 1 N–H and O–H groups in total. The van der Waals surface area contributed by atoms with Crippen LogP contribution in [0.25, 0.3) is 20.4 Å². The monoisotopic (exact) mass is 429 g/mol. The minimum Gasteiger partial charge on any atom is -0.494 e. The molecule has 0 radical (unpaired) electrons. The summed E-state index contributed by atoms with van der Waals surface area (Å²) in [5, 5.41) is 3.55. The van der Waals surface area contributed by atoms with Crippen molar-refractivity contribution in [3.05, 3.63) is 41.5 Å². The van der Waals surface area contributed by atoms with Gasteiger partial charge in [-0.25, -0.2) is 9.97 Å². The second-order valence-electron chi connectivity index (χ2n) is 6.33. The summed E-state index contributed by atoms with van der Waals surface area (Å²) in [4.78, 5) is 21.5. The van der Waals surface area contributed by atoms with Crippen molar-refractivity contribution in [2.45, 2.75) is 25.1 Å². The second-order valence-corrected chi connectivity index (χ2v) is 9.61. The van der Waals surface area contributed by atoms with Crippen LogP contribution in [-0.4, -0.2) is 28.2 Å². The van der Waals surface area contributed by atoms with Crippen LogP contribution in [0.2, 0.25) is 0 Å². The van der Waals surface area contributed by atoms with E-state index in [9.17, 15) is 4.79 Å². The van der Waals surface area contributed by atoms with Gasteiger partial charge in [0.05, 0.1) is 32.8 Å². The second kappa shape index (κ2) is 8.06. The van der Waals surface area contributed by atoms with Crippen LogP contribution in [0.3, 0.4) is 0 Å². The smallest absolute Gasteiger partial charge is 0.236 e. The molecular weight excluding hydrogens is 410 g/mol. The normalized spacial score (nSPS) is 11.2. The van der Waals surface area contributed by atoms with Crippen LogP contribution in [0.4, 0.5) is 5.13 Å². The van der Waals surface area contributed by atoms with Crippen molar-refractivity contribution in [3.63, 3.8) is 0 Å². The number of amides is 1. The Labute approximate surface area is 175 Å². The number of hydrogen-bond acceptors (Lipinski definition) is 7. The lowest BCUT2D eigenvalue weighted by Gasteiger charge is -2.00. The van der Waals surface area contributed by atoms with E-state index in [2.05, 4.69) is 34.3 Å². The van der Waals surface area contributed by atoms with E-state index in [-0.39, 0.29) is 5.91 Å². The lowest BCUT2D eigenvalue weighted by atomic mass is 10.1. The van der Waals surface area contributed by atoms with Crippen molar-refractivity contribution >= 4 is 65.9 Å². The van der Waals surface area contributed by atoms with Crippen LogP contribution >= 0.6 is 34.4 Å². The van der Waals surface area contributed by atoms with Crippen molar-refractivity contribution in [1.29, 1.82) is 0 Å². The van der Waals surface area contributed by atoms with Gasteiger partial charge in [0.2, 0.25) is 5.91 Å². The molecule has 5 nitrogen and oxygen atoms in total. The maximum absolute atomic E-state index is 12.4. The van der Waals surface area contributed by atoms with E-state index in [1.807, 2.05) is 32.0 Å². The molecule has 2 heterocycles. The number of ether oxygens (including phenoxy) is 1. The highest BCUT2D eigenvalue weighted by Gasteiger charge is 2.12. The molecule has 28 heavy (non-hydrogen) atoms. The molecule has 4 aromatic rings. The molecule has 0 atom stereocenters. The molecular formula is C20H19N3O2S3. The first kappa shape index (κ1) is 19.2. The predicted octanol–water partition coefficient (Wildman–Crippen LogP) is 5.65. The van der Waals surface area contributed by atoms with Crippen LogP contribution in [-0.2, 0) is 4.79 Å². The number of aryl methyl sites for hydroxylation is 2. The number of carbonyl (C=O) groups is 1. The first-order valence-electron chi connectivity index (χ1n) is 8.85. The molecule has 0 saturated heterocycles. The Morgan fingerprint density at radius 3 is 2.82 bits per heavy atom. The van der Waals surface area contributed by atoms with Crippen LogP contribution in [0.1, 0.15) is 18.1 Å². The minimum absolute atomic E-state index is 0.0762. The SMILES string of the molecule is CCOc1ccc2nc(SCC(=O)Nc3nc4c(C)cc(C)cc4s3)sc2c1. The van der Waals surface area contributed by atoms with Crippen LogP contribution in [0, 0.1) is 13.8 Å². The number of nitrogens with zero attached hydrogens (tertiary/aromatic N) is 2. The Kier molecular flexibility index (Phi) is 5.52. The van der Waals surface area contributed by atoms with Gasteiger partial charge in [0.15, 0.2) is 9.47 Å². The Hall–Kier alpha value is -2.16. The zero-order valence-corrected chi connectivity index (χ0v) is 18.2. The highest BCUT2D eigenvalue weighted by atomic mass is 32.2. The summed E-state index contributed by atoms with van der Waals surface area (Å²) in [5.41, 5.74) is 4.20. The van der Waals surface area contributed by atoms with Gasteiger partial charge < -0.3 is 10.1 Å². The molecule has 2 aromatic heterocycles. The number of benzene rings is 2. The molecule has 2 aromatic carbocycles. The van der Waals surface area contributed by atoms with Gasteiger partial charge >= 0.3 is 0 Å². The highest BCUT2D eigenvalue weighted by molar-refractivity contribution is 8.01. The van der Waals surface area contributed by atoms with Gasteiger partial charge in [0.1, 0.15) is 5.75 Å². The maximum atomic E-state index is 12.4. The number of carbonyl (C=O) groups excluding carboxylic acids is 1. The Balaban J connectivity index is 1.41. The molecule has 0 aliphatic carbocycles. The molecule has 0 spiro atoms. The average Bonchev–Trinajstić information content (AvgIpc) is 3.23. The van der Waals surface area contributed by atoms with E-state index >= 15 is 0 Å². The number of hydrogen-bond donors (Lipinski definition) is 1. The van der Waals surface area contributed by atoms with Gasteiger partial charge in [-0.3, -0.25) is 4.79 Å². The highest BCUT2D eigenvalue weighted by Crippen LogP contribution is 2.33. The van der Waals surface area contributed by atoms with Gasteiger partial charge in [-0.1, -0.05) is 29.2 Å². The van der Waals surface area contributed by atoms with Crippen molar-refractivity contribution in [2.75, 3.05) is 17.7 Å². The Morgan fingerprint density at radius 2 is 2.00 bits per heavy atom. The van der Waals surface area contributed by atoms with Crippen LogP contribution in [0.15, 0.2) is 34.7 Å². The molecule has 144 valence electrons. The maximum Gasteiger partial charge on any atom is 0.236 e. The summed E-state index contributed by atoms with van der Waals surface area (Å²) in [7, 11) is 0. The number of thioether (sulfide) groups is 1. The third kappa shape index (κ3) is 4.14. The minimum atomic E-state index is -0.0762. The molecule has 0 bridgehead atoms. The number of anilines is 1. The van der Waals surface area contributed by atoms with E-state index in [0.29, 0.717) is 17.5 Å². The fourth-order valence-corrected chi connectivity index (χ4v) is 5.86. The number of nitrogens with one attached hydrogen (secondary N) is 1. The topological polar surface area (TPSA) is 64.1 Å². The zero-order chi connectivity index (χ0) is 19.7. The average molecular weight is 430 g/mol. The molecule has 4 rings (SSSR count). The van der Waals surface area contributed by atoms with Crippen molar-refractivity contribution in [3.8, 4) is 5.75 Å². The summed E-state index contributed by atoms with van der Waals surface area (Å²) < 4.78 is 8.56. The lowest BCUT2D eigenvalue weighted by molar-refractivity contribution is -0.113. The summed E-state index contributed by atoms with van der Waals surface area (Å²) in [6, 6.07) is 10.1. The molecule has 0 aliphatic rings. The van der Waals surface area contributed by atoms with Crippen molar-refractivity contribution < 1.29 is 9.53 Å². The molecule has 0 fully saturated rings. The molecule has 0 unspecified atom stereocenters. The molecule has 0 aliphatic heterocycles. The number of fused-ring (bicyclic) bond motifs is 2. The fourth-order valence-electron chi connectivity index (χ4n) is 2.91. The quantitative estimate of drug-likeness (QED) is 0.401. The van der Waals surface area contributed by atoms with E-state index < -0.39 is 0 Å². The largest absolute Gasteiger partial charge is 0.494 e. The summed E-state index contributed by atoms with van der Waals surface area (Å²) >= 11 is 4.51. The third-order valence-corrected chi connectivity index (χ3v) is 7.13. The van der Waals surface area contributed by atoms with Gasteiger partial charge in [0, 0.05) is 0 Å². The zero-order valence-electron chi connectivity index (χ0n) is 15.7. The Bertz CT molecular complexity index is 1170. The van der Waals surface area contributed by atoms with Crippen LogP contribution in [0.5, 0.6) is 5.75 Å². The standard InChI is InChI=1S/C20H19N3O2S3/c1-4-25-13-5-6-14-15(9-13)28-20(21-14)26-10-17(24)22-19-23-18-12(3)7-11(2)8-16(18)27-19/h5-9H,4,10H2,1-3H3,(H,22,23,24). The summed E-state index contributed by atoms with van der Waals surface area (Å²) in [6.45, 7) is 6.71. The van der Waals surface area contributed by atoms with E-state index in [1.165, 1.54) is 28.7 Å². The number of aromatic nitrogens is 2. The number of rotatable bonds is 6. The molecule has 1 amide bonds. The fraction of sp³-hybridized carbons (Fsp3) is 0.250. The lowest BCUT2D eigenvalue weighted by Crippen LogP contribution is -2.13. The van der Waals surface area contributed by atoms with Crippen LogP contribution < -0.4 is 10.1 Å². The van der Waals surface area contributed by atoms with E-state index in [0.717, 1.165) is 36.1 Å². The molecule has 8 heteroatoms. The van der Waals surface area contributed by atoms with E-state index in [4.69, 9.17) is 4.74 Å². The Morgan fingerprint density at radius 1 is 1.14 bits per heavy atom. The summed E-state index contributed by atoms with van der Waals surface area (Å²) in [5.74, 6) is 1.06. The first-order valence-corrected chi connectivity index (χ1v) is 11.5. The van der Waals surface area contributed by atoms with Gasteiger partial charge in [-0.05, 0) is 56.2 Å². The first-order chi connectivity index (χ1) is 13.5. The van der Waals surface area contributed by atoms with Gasteiger partial charge in [-0.15, -0.1) is 11.3 Å². The van der Waals surface area contributed by atoms with Crippen molar-refractivity contribution in [2.24, 2.45) is 0 Å². The number of thiazole rings is 2. The third-order valence-electron chi connectivity index (χ3n) is 4.05. The van der Waals surface area contributed by atoms with Gasteiger partial charge in [0.25, 0.3) is 0 Å². The van der Waals surface area contributed by atoms with Gasteiger partial charge in [-0.2, -0.15) is 0 Å². The van der Waals surface area contributed by atoms with Crippen molar-refractivity contribution in [1.82, 2.24) is 9.97 Å². The summed E-state index contributed by atoms with van der Waals surface area (Å²) in [6.07, 6.45) is 0. The van der Waals surface area contributed by atoms with E-state index in [1.54, 1.807) is 11.3 Å².